The van der Waals surface area contributed by atoms with Crippen LogP contribution in [0.1, 0.15) is 30.1 Å². The molecule has 0 spiro atoms. The molecule has 0 unspecified atom stereocenters. The topological polar surface area (TPSA) is 26.3 Å². The lowest BCUT2D eigenvalue weighted by Crippen LogP contribution is -2.16. The maximum atomic E-state index is 12.1. The Labute approximate surface area is 97.4 Å². The Morgan fingerprint density at radius 3 is 2.53 bits per heavy atom. The van der Waals surface area contributed by atoms with Gasteiger partial charge in [0, 0.05) is 0 Å². The molecule has 0 N–H and O–H groups in total. The number of halogens is 3. The molecular formula is C12H13F3O2. The summed E-state index contributed by atoms with van der Waals surface area (Å²) in [6.45, 7) is 2.25. The molecule has 1 rings (SSSR count). The minimum atomic E-state index is -4.49. The number of alkyl halides is 3. The Hall–Kier alpha value is -1.52. The number of carbonyl (C=O) groups excluding carboxylic acids is 1. The van der Waals surface area contributed by atoms with Crippen molar-refractivity contribution in [3.8, 4) is 5.75 Å². The number of ether oxygens (including phenoxy) is 1. The second kappa shape index (κ2) is 5.70. The summed E-state index contributed by atoms with van der Waals surface area (Å²) in [5.41, 5.74) is -0.0155. The first-order chi connectivity index (χ1) is 7.94. The van der Waals surface area contributed by atoms with Gasteiger partial charge in [-0.3, -0.25) is 4.79 Å². The van der Waals surface area contributed by atoms with E-state index in [1.165, 1.54) is 18.2 Å². The van der Waals surface area contributed by atoms with Gasteiger partial charge in [0.1, 0.15) is 12.2 Å². The molecule has 1 aromatic rings. The predicted molar refractivity (Wildman–Crippen MR) is 57.2 cm³/mol. The van der Waals surface area contributed by atoms with Crippen LogP contribution in [0, 0.1) is 0 Å². The van der Waals surface area contributed by atoms with Crippen LogP contribution >= 0.6 is 0 Å². The van der Waals surface area contributed by atoms with Gasteiger partial charge < -0.3 is 4.74 Å². The highest BCUT2D eigenvalue weighted by Crippen LogP contribution is 2.26. The van der Waals surface area contributed by atoms with E-state index in [2.05, 4.69) is 0 Å². The molecule has 0 saturated carbocycles. The zero-order chi connectivity index (χ0) is 12.9. The Morgan fingerprint density at radius 2 is 1.94 bits per heavy atom. The minimum Gasteiger partial charge on any atom is -0.493 e. The fourth-order valence-electron chi connectivity index (χ4n) is 1.31. The van der Waals surface area contributed by atoms with Crippen LogP contribution in [0.4, 0.5) is 13.2 Å². The molecule has 17 heavy (non-hydrogen) atoms. The first kappa shape index (κ1) is 13.5. The maximum Gasteiger partial charge on any atom is 0.396 e. The van der Waals surface area contributed by atoms with E-state index in [1.807, 2.05) is 6.92 Å². The van der Waals surface area contributed by atoms with Gasteiger partial charge in [-0.2, -0.15) is 13.2 Å². The maximum absolute atomic E-state index is 12.1. The number of ketones is 1. The average Bonchev–Trinajstić information content (AvgIpc) is 2.24. The fourth-order valence-corrected chi connectivity index (χ4v) is 1.31. The van der Waals surface area contributed by atoms with Crippen LogP contribution in [0.15, 0.2) is 24.3 Å². The van der Waals surface area contributed by atoms with Gasteiger partial charge >= 0.3 is 6.18 Å². The van der Waals surface area contributed by atoms with Crippen molar-refractivity contribution >= 4 is 5.78 Å². The van der Waals surface area contributed by atoms with Crippen LogP contribution in [0.2, 0.25) is 0 Å². The summed E-state index contributed by atoms with van der Waals surface area (Å²) in [4.78, 5) is 11.4. The Balaban J connectivity index is 2.85. The normalized spacial score (nSPS) is 11.3. The van der Waals surface area contributed by atoms with Crippen molar-refractivity contribution in [3.05, 3.63) is 29.8 Å². The molecule has 0 aliphatic rings. The predicted octanol–water partition coefficient (Wildman–Crippen LogP) is 3.61. The molecule has 0 radical (unpaired) electrons. The summed E-state index contributed by atoms with van der Waals surface area (Å²) in [6, 6.07) is 5.98. The van der Waals surface area contributed by atoms with Crippen molar-refractivity contribution in [1.82, 2.24) is 0 Å². The SMILES string of the molecule is CCCOc1ccccc1C(=O)CC(F)(F)F. The molecule has 2 nitrogen and oxygen atoms in total. The highest BCUT2D eigenvalue weighted by molar-refractivity contribution is 5.99. The molecule has 5 heteroatoms. The number of carbonyl (C=O) groups is 1. The van der Waals surface area contributed by atoms with Gasteiger partial charge in [-0.05, 0) is 18.6 Å². The molecule has 1 aromatic carbocycles. The molecule has 0 fully saturated rings. The van der Waals surface area contributed by atoms with E-state index in [0.717, 1.165) is 6.42 Å². The number of Topliss-reactive ketones (excluding diaryl/α,β-unsaturated/α-hetero) is 1. The quantitative estimate of drug-likeness (QED) is 0.742. The number of hydrogen-bond donors (Lipinski definition) is 0. The van der Waals surface area contributed by atoms with Crippen LogP contribution in [-0.2, 0) is 0 Å². The number of para-hydroxylation sites is 1. The molecule has 0 heterocycles. The van der Waals surface area contributed by atoms with Crippen molar-refractivity contribution in [1.29, 1.82) is 0 Å². The van der Waals surface area contributed by atoms with Crippen molar-refractivity contribution in [3.63, 3.8) is 0 Å². The molecule has 0 bridgehead atoms. The van der Waals surface area contributed by atoms with E-state index in [0.29, 0.717) is 6.61 Å². The highest BCUT2D eigenvalue weighted by atomic mass is 19.4. The van der Waals surface area contributed by atoms with E-state index in [9.17, 15) is 18.0 Å². The molecule has 94 valence electrons. The van der Waals surface area contributed by atoms with Gasteiger partial charge in [-0.1, -0.05) is 19.1 Å². The summed E-state index contributed by atoms with van der Waals surface area (Å²) in [5.74, 6) is -0.757. The van der Waals surface area contributed by atoms with E-state index in [4.69, 9.17) is 4.74 Å². The lowest BCUT2D eigenvalue weighted by Gasteiger charge is -2.11. The van der Waals surface area contributed by atoms with E-state index < -0.39 is 18.4 Å². The third-order valence-electron chi connectivity index (χ3n) is 2.01. The smallest absolute Gasteiger partial charge is 0.396 e. The van der Waals surface area contributed by atoms with Crippen LogP contribution in [0.5, 0.6) is 5.75 Å². The van der Waals surface area contributed by atoms with E-state index in [1.54, 1.807) is 6.07 Å². The molecule has 0 aliphatic heterocycles. The lowest BCUT2D eigenvalue weighted by atomic mass is 10.1. The van der Waals surface area contributed by atoms with Crippen molar-refractivity contribution in [2.24, 2.45) is 0 Å². The van der Waals surface area contributed by atoms with E-state index in [-0.39, 0.29) is 11.3 Å². The third-order valence-corrected chi connectivity index (χ3v) is 2.01. The van der Waals surface area contributed by atoms with Gasteiger partial charge in [0.2, 0.25) is 0 Å². The molecule has 0 atom stereocenters. The molecular weight excluding hydrogens is 233 g/mol. The Morgan fingerprint density at radius 1 is 1.29 bits per heavy atom. The number of benzene rings is 1. The zero-order valence-electron chi connectivity index (χ0n) is 9.38. The van der Waals surface area contributed by atoms with Gasteiger partial charge in [-0.25, -0.2) is 0 Å². The first-order valence-corrected chi connectivity index (χ1v) is 5.26. The fraction of sp³-hybridized carbons (Fsp3) is 0.417. The molecule has 0 aliphatic carbocycles. The molecule has 0 saturated heterocycles. The Bertz CT molecular complexity index is 386. The van der Waals surface area contributed by atoms with E-state index >= 15 is 0 Å². The van der Waals surface area contributed by atoms with Crippen molar-refractivity contribution in [2.75, 3.05) is 6.61 Å². The van der Waals surface area contributed by atoms with Gasteiger partial charge in [0.05, 0.1) is 12.2 Å². The summed E-state index contributed by atoms with van der Waals surface area (Å²) < 4.78 is 41.6. The lowest BCUT2D eigenvalue weighted by molar-refractivity contribution is -0.125. The van der Waals surface area contributed by atoms with Crippen molar-refractivity contribution < 1.29 is 22.7 Å². The highest BCUT2D eigenvalue weighted by Gasteiger charge is 2.32. The second-order valence-corrected chi connectivity index (χ2v) is 3.56. The summed E-state index contributed by atoms with van der Waals surface area (Å²) in [7, 11) is 0. The Kier molecular flexibility index (Phi) is 4.54. The van der Waals surface area contributed by atoms with Crippen LogP contribution in [-0.4, -0.2) is 18.6 Å². The molecule has 0 aromatic heterocycles. The van der Waals surface area contributed by atoms with Crippen LogP contribution in [0.3, 0.4) is 0 Å². The van der Waals surface area contributed by atoms with Crippen molar-refractivity contribution in [2.45, 2.75) is 25.9 Å². The summed E-state index contributed by atoms with van der Waals surface area (Å²) in [5, 5.41) is 0. The van der Waals surface area contributed by atoms with Gasteiger partial charge in [-0.15, -0.1) is 0 Å². The second-order valence-electron chi connectivity index (χ2n) is 3.56. The van der Waals surface area contributed by atoms with Gasteiger partial charge in [0.15, 0.2) is 5.78 Å². The largest absolute Gasteiger partial charge is 0.493 e. The molecule has 0 amide bonds. The number of hydrogen-bond acceptors (Lipinski definition) is 2. The van der Waals surface area contributed by atoms with Crippen LogP contribution < -0.4 is 4.74 Å². The van der Waals surface area contributed by atoms with Gasteiger partial charge in [0.25, 0.3) is 0 Å². The summed E-state index contributed by atoms with van der Waals surface area (Å²) >= 11 is 0. The average molecular weight is 246 g/mol. The first-order valence-electron chi connectivity index (χ1n) is 5.26. The number of rotatable bonds is 5. The standard InChI is InChI=1S/C12H13F3O2/c1-2-7-17-11-6-4-3-5-9(11)10(16)8-12(13,14)15/h3-6H,2,7-8H2,1H3. The zero-order valence-corrected chi connectivity index (χ0v) is 9.38. The minimum absolute atomic E-state index is 0.0155. The van der Waals surface area contributed by atoms with Crippen LogP contribution in [0.25, 0.3) is 0 Å². The monoisotopic (exact) mass is 246 g/mol. The summed E-state index contributed by atoms with van der Waals surface area (Å²) in [6.07, 6.45) is -5.23. The third kappa shape index (κ3) is 4.46.